The van der Waals surface area contributed by atoms with Crippen molar-refractivity contribution >= 4 is 0 Å². The number of benzene rings is 1. The summed E-state index contributed by atoms with van der Waals surface area (Å²) in [7, 11) is 0. The van der Waals surface area contributed by atoms with E-state index in [1.165, 1.54) is 6.42 Å². The summed E-state index contributed by atoms with van der Waals surface area (Å²) in [5.74, 6) is 1.75. The fraction of sp³-hybridized carbons (Fsp3) is 0.538. The van der Waals surface area contributed by atoms with Crippen molar-refractivity contribution in [3.05, 3.63) is 36.4 Å². The predicted octanol–water partition coefficient (Wildman–Crippen LogP) is 4.38. The molecule has 0 bridgehead atoms. The van der Waals surface area contributed by atoms with Crippen LogP contribution >= 0.6 is 0 Å². The molecule has 1 aromatic rings. The van der Waals surface area contributed by atoms with E-state index in [0.29, 0.717) is 0 Å². The first-order chi connectivity index (χ1) is 6.13. The molecule has 0 aliphatic rings. The molecule has 0 radical (unpaired) electrons. The van der Waals surface area contributed by atoms with Gasteiger partial charge in [0.2, 0.25) is 0 Å². The third-order valence-electron chi connectivity index (χ3n) is 1.61. The topological polar surface area (TPSA) is 0 Å². The Hall–Kier alpha value is -0.780. The average Bonchev–Trinajstić information content (AvgIpc) is 2.06. The van der Waals surface area contributed by atoms with Gasteiger partial charge in [0.1, 0.15) is 0 Å². The van der Waals surface area contributed by atoms with Crippen molar-refractivity contribution in [2.45, 2.75) is 34.1 Å². The largest absolute Gasteiger partial charge is 0.0628 e. The van der Waals surface area contributed by atoms with Gasteiger partial charge in [-0.05, 0) is 18.3 Å². The molecule has 0 atom stereocenters. The van der Waals surface area contributed by atoms with E-state index >= 15 is 0 Å². The summed E-state index contributed by atoms with van der Waals surface area (Å²) in [6.07, 6.45) is 1.36. The van der Waals surface area contributed by atoms with E-state index in [4.69, 9.17) is 0 Å². The first-order valence-corrected chi connectivity index (χ1v) is 5.13. The maximum atomic E-state index is 2.26. The minimum Gasteiger partial charge on any atom is -0.0628 e. The maximum Gasteiger partial charge on any atom is -0.0469 e. The third-order valence-corrected chi connectivity index (χ3v) is 1.61. The van der Waals surface area contributed by atoms with Gasteiger partial charge in [-0.2, -0.15) is 0 Å². The molecule has 0 aromatic heterocycles. The Labute approximate surface area is 83.0 Å². The molecule has 1 rings (SSSR count). The fourth-order valence-corrected chi connectivity index (χ4v) is 1.33. The van der Waals surface area contributed by atoms with Gasteiger partial charge in [-0.15, -0.1) is 0 Å². The van der Waals surface area contributed by atoms with Gasteiger partial charge >= 0.3 is 0 Å². The van der Waals surface area contributed by atoms with Gasteiger partial charge in [0.05, 0.1) is 0 Å². The van der Waals surface area contributed by atoms with Crippen LogP contribution in [0.2, 0.25) is 0 Å². The molecule has 0 heteroatoms. The van der Waals surface area contributed by atoms with Crippen LogP contribution in [0, 0.1) is 11.8 Å². The Morgan fingerprint density at radius 1 is 0.615 bits per heavy atom. The minimum atomic E-state index is 0.875. The number of hydrogen-bond acceptors (Lipinski definition) is 0. The SMILES string of the molecule is CC(C)CC(C)C.c1ccccc1. The van der Waals surface area contributed by atoms with Crippen LogP contribution in [-0.2, 0) is 0 Å². The molecular weight excluding hydrogens is 156 g/mol. The van der Waals surface area contributed by atoms with Crippen molar-refractivity contribution in [2.24, 2.45) is 11.8 Å². The van der Waals surface area contributed by atoms with Gasteiger partial charge in [-0.25, -0.2) is 0 Å². The van der Waals surface area contributed by atoms with Gasteiger partial charge in [0.15, 0.2) is 0 Å². The zero-order valence-electron chi connectivity index (χ0n) is 9.33. The van der Waals surface area contributed by atoms with Gasteiger partial charge in [0, 0.05) is 0 Å². The Morgan fingerprint density at radius 3 is 0.923 bits per heavy atom. The zero-order chi connectivity index (χ0) is 10.1. The molecule has 0 spiro atoms. The van der Waals surface area contributed by atoms with E-state index in [1.54, 1.807) is 0 Å². The molecule has 0 saturated carbocycles. The smallest absolute Gasteiger partial charge is 0.0469 e. The highest BCUT2D eigenvalue weighted by Crippen LogP contribution is 2.08. The van der Waals surface area contributed by atoms with E-state index < -0.39 is 0 Å². The molecule has 0 fully saturated rings. The molecule has 1 aromatic carbocycles. The Bertz CT molecular complexity index is 142. The van der Waals surface area contributed by atoms with Gasteiger partial charge in [-0.1, -0.05) is 64.1 Å². The van der Waals surface area contributed by atoms with Crippen LogP contribution < -0.4 is 0 Å². The maximum absolute atomic E-state index is 2.26. The summed E-state index contributed by atoms with van der Waals surface area (Å²) in [6, 6.07) is 12.0. The van der Waals surface area contributed by atoms with Crippen LogP contribution in [0.1, 0.15) is 34.1 Å². The quantitative estimate of drug-likeness (QED) is 0.630. The lowest BCUT2D eigenvalue weighted by Crippen LogP contribution is -1.93. The van der Waals surface area contributed by atoms with Crippen LogP contribution in [0.15, 0.2) is 36.4 Å². The highest BCUT2D eigenvalue weighted by Gasteiger charge is 1.95. The normalized spacial score (nSPS) is 9.69. The van der Waals surface area contributed by atoms with E-state index in [2.05, 4.69) is 27.7 Å². The molecule has 0 nitrogen and oxygen atoms in total. The number of hydrogen-bond donors (Lipinski definition) is 0. The van der Waals surface area contributed by atoms with Crippen LogP contribution in [-0.4, -0.2) is 0 Å². The highest BCUT2D eigenvalue weighted by molar-refractivity contribution is 4.99. The van der Waals surface area contributed by atoms with E-state index in [9.17, 15) is 0 Å². The molecular formula is C13H22. The van der Waals surface area contributed by atoms with E-state index in [-0.39, 0.29) is 0 Å². The van der Waals surface area contributed by atoms with E-state index in [1.807, 2.05) is 36.4 Å². The Morgan fingerprint density at radius 2 is 0.846 bits per heavy atom. The monoisotopic (exact) mass is 178 g/mol. The average molecular weight is 178 g/mol. The van der Waals surface area contributed by atoms with Crippen molar-refractivity contribution in [3.8, 4) is 0 Å². The first kappa shape index (κ1) is 12.2. The summed E-state index contributed by atoms with van der Waals surface area (Å²) in [6.45, 7) is 9.06. The van der Waals surface area contributed by atoms with Crippen LogP contribution in [0.3, 0.4) is 0 Å². The molecule has 0 heterocycles. The summed E-state index contributed by atoms with van der Waals surface area (Å²) >= 11 is 0. The summed E-state index contributed by atoms with van der Waals surface area (Å²) in [5, 5.41) is 0. The summed E-state index contributed by atoms with van der Waals surface area (Å²) < 4.78 is 0. The molecule has 0 aliphatic carbocycles. The van der Waals surface area contributed by atoms with Crippen molar-refractivity contribution in [1.82, 2.24) is 0 Å². The molecule has 13 heavy (non-hydrogen) atoms. The van der Waals surface area contributed by atoms with Gasteiger partial charge in [0.25, 0.3) is 0 Å². The molecule has 0 N–H and O–H groups in total. The predicted molar refractivity (Wildman–Crippen MR) is 60.7 cm³/mol. The second-order valence-corrected chi connectivity index (χ2v) is 4.18. The Balaban J connectivity index is 0.000000223. The van der Waals surface area contributed by atoms with Gasteiger partial charge < -0.3 is 0 Å². The second-order valence-electron chi connectivity index (χ2n) is 4.18. The van der Waals surface area contributed by atoms with Crippen molar-refractivity contribution in [1.29, 1.82) is 0 Å². The lowest BCUT2D eigenvalue weighted by Gasteiger charge is -2.05. The molecule has 0 unspecified atom stereocenters. The van der Waals surface area contributed by atoms with Crippen LogP contribution in [0.25, 0.3) is 0 Å². The van der Waals surface area contributed by atoms with Crippen molar-refractivity contribution < 1.29 is 0 Å². The minimum absolute atomic E-state index is 0.875. The Kier molecular flexibility index (Phi) is 7.38. The lowest BCUT2D eigenvalue weighted by molar-refractivity contribution is 0.469. The van der Waals surface area contributed by atoms with E-state index in [0.717, 1.165) is 11.8 Å². The summed E-state index contributed by atoms with van der Waals surface area (Å²) in [5.41, 5.74) is 0. The highest BCUT2D eigenvalue weighted by atomic mass is 14.0. The third kappa shape index (κ3) is 11.2. The van der Waals surface area contributed by atoms with Crippen LogP contribution in [0.5, 0.6) is 0 Å². The van der Waals surface area contributed by atoms with Gasteiger partial charge in [-0.3, -0.25) is 0 Å². The van der Waals surface area contributed by atoms with Crippen LogP contribution in [0.4, 0.5) is 0 Å². The summed E-state index contributed by atoms with van der Waals surface area (Å²) in [4.78, 5) is 0. The molecule has 0 saturated heterocycles. The first-order valence-electron chi connectivity index (χ1n) is 5.13. The lowest BCUT2D eigenvalue weighted by atomic mass is 10.0. The molecule has 74 valence electrons. The zero-order valence-corrected chi connectivity index (χ0v) is 9.33. The second kappa shape index (κ2) is 7.85. The fourth-order valence-electron chi connectivity index (χ4n) is 1.33. The van der Waals surface area contributed by atoms with Crippen molar-refractivity contribution in [3.63, 3.8) is 0 Å². The van der Waals surface area contributed by atoms with Crippen molar-refractivity contribution in [2.75, 3.05) is 0 Å². The molecule has 0 amide bonds. The molecule has 0 aliphatic heterocycles. The number of rotatable bonds is 2. The standard InChI is InChI=1S/C7H16.C6H6/c1-6(2)5-7(3)4;1-2-4-6-5-3-1/h6-7H,5H2,1-4H3;1-6H.